The number of fused-ring (bicyclic) bond motifs is 1. The Bertz CT molecular complexity index is 1060. The normalized spacial score (nSPS) is 13.5. The molecule has 1 aromatic heterocycles. The lowest BCUT2D eigenvalue weighted by Crippen LogP contribution is -2.38. The Kier molecular flexibility index (Phi) is 5.36. The van der Waals surface area contributed by atoms with Crippen LogP contribution in [0.1, 0.15) is 11.3 Å². The van der Waals surface area contributed by atoms with Gasteiger partial charge in [0.25, 0.3) is 0 Å². The Morgan fingerprint density at radius 1 is 1.11 bits per heavy atom. The van der Waals surface area contributed by atoms with E-state index in [1.165, 1.54) is 4.90 Å². The highest BCUT2D eigenvalue weighted by Gasteiger charge is 2.27. The minimum absolute atomic E-state index is 0.0789. The number of hydrogen-bond acceptors (Lipinski definition) is 4. The number of carbonyl (C=O) groups excluding carboxylic acids is 2. The number of aliphatic imine (C=N–C) groups is 1. The van der Waals surface area contributed by atoms with E-state index >= 15 is 0 Å². The zero-order valence-electron chi connectivity index (χ0n) is 14.8. The summed E-state index contributed by atoms with van der Waals surface area (Å²) in [7, 11) is 0. The molecule has 28 heavy (non-hydrogen) atoms. The molecule has 2 heterocycles. The molecule has 140 valence electrons. The predicted molar refractivity (Wildman–Crippen MR) is 117 cm³/mol. The maximum atomic E-state index is 13.0. The van der Waals surface area contributed by atoms with Gasteiger partial charge in [0.2, 0.25) is 11.8 Å². The molecule has 7 heteroatoms. The van der Waals surface area contributed by atoms with E-state index in [0.29, 0.717) is 17.1 Å². The number of nitrogens with one attached hydrogen (secondary N) is 1. The molecule has 2 aromatic carbocycles. The van der Waals surface area contributed by atoms with E-state index in [9.17, 15) is 9.59 Å². The predicted octanol–water partition coefficient (Wildman–Crippen LogP) is 5.01. The standard InChI is InChI=1S/C21H16BrN3O2S/c22-14-6-1-2-7-15(14)24-20(26)13-25-18-9-4-3-8-16(18)23-17(12-21(25)27)19-10-5-11-28-19/h1-11H,12-13H2,(H,24,26). The van der Waals surface area contributed by atoms with Crippen LogP contribution in [0.2, 0.25) is 0 Å². The summed E-state index contributed by atoms with van der Waals surface area (Å²) in [6, 6.07) is 18.7. The van der Waals surface area contributed by atoms with Crippen LogP contribution in [0.3, 0.4) is 0 Å². The van der Waals surface area contributed by atoms with E-state index in [-0.39, 0.29) is 24.8 Å². The molecule has 0 unspecified atom stereocenters. The molecule has 3 aromatic rings. The maximum Gasteiger partial charge on any atom is 0.244 e. The highest BCUT2D eigenvalue weighted by molar-refractivity contribution is 9.10. The van der Waals surface area contributed by atoms with E-state index in [4.69, 9.17) is 4.99 Å². The molecular formula is C21H16BrN3O2S. The number of para-hydroxylation sites is 3. The summed E-state index contributed by atoms with van der Waals surface area (Å²) < 4.78 is 0.786. The summed E-state index contributed by atoms with van der Waals surface area (Å²) in [5, 5.41) is 4.81. The molecule has 0 atom stereocenters. The highest BCUT2D eigenvalue weighted by atomic mass is 79.9. The quantitative estimate of drug-likeness (QED) is 0.603. The lowest BCUT2D eigenvalue weighted by molar-refractivity contribution is -0.120. The number of amides is 2. The van der Waals surface area contributed by atoms with Crippen LogP contribution in [0.4, 0.5) is 17.1 Å². The Morgan fingerprint density at radius 3 is 2.68 bits per heavy atom. The molecular weight excluding hydrogens is 438 g/mol. The summed E-state index contributed by atoms with van der Waals surface area (Å²) in [5.41, 5.74) is 2.71. The maximum absolute atomic E-state index is 13.0. The first-order valence-electron chi connectivity index (χ1n) is 8.67. The Balaban J connectivity index is 1.61. The third-order valence-electron chi connectivity index (χ3n) is 4.30. The number of hydrogen-bond donors (Lipinski definition) is 1. The molecule has 0 saturated carbocycles. The molecule has 1 aliphatic heterocycles. The first-order chi connectivity index (χ1) is 13.6. The fourth-order valence-electron chi connectivity index (χ4n) is 3.00. The van der Waals surface area contributed by atoms with Crippen molar-refractivity contribution in [2.24, 2.45) is 4.99 Å². The van der Waals surface area contributed by atoms with Crippen LogP contribution in [-0.2, 0) is 9.59 Å². The van der Waals surface area contributed by atoms with Gasteiger partial charge in [-0.25, -0.2) is 4.99 Å². The van der Waals surface area contributed by atoms with Crippen LogP contribution >= 0.6 is 27.3 Å². The fraction of sp³-hybridized carbons (Fsp3) is 0.0952. The van der Waals surface area contributed by atoms with E-state index in [2.05, 4.69) is 21.2 Å². The number of anilines is 2. The smallest absolute Gasteiger partial charge is 0.244 e. The summed E-state index contributed by atoms with van der Waals surface area (Å²) >= 11 is 4.97. The van der Waals surface area contributed by atoms with Crippen molar-refractivity contribution < 1.29 is 9.59 Å². The lowest BCUT2D eigenvalue weighted by atomic mass is 10.2. The zero-order chi connectivity index (χ0) is 19.5. The molecule has 5 nitrogen and oxygen atoms in total. The third kappa shape index (κ3) is 3.90. The number of halogens is 1. The van der Waals surface area contributed by atoms with Gasteiger partial charge >= 0.3 is 0 Å². The summed E-state index contributed by atoms with van der Waals surface area (Å²) in [6.45, 7) is -0.0789. The van der Waals surface area contributed by atoms with E-state index in [0.717, 1.165) is 15.1 Å². The van der Waals surface area contributed by atoms with Crippen LogP contribution in [-0.4, -0.2) is 24.1 Å². The molecule has 0 aliphatic carbocycles. The first kappa shape index (κ1) is 18.6. The van der Waals surface area contributed by atoms with Crippen molar-refractivity contribution in [3.05, 3.63) is 75.4 Å². The molecule has 2 amide bonds. The van der Waals surface area contributed by atoms with Crippen molar-refractivity contribution in [1.82, 2.24) is 0 Å². The topological polar surface area (TPSA) is 61.8 Å². The van der Waals surface area contributed by atoms with E-state index in [1.807, 2.05) is 60.0 Å². The molecule has 0 spiro atoms. The van der Waals surface area contributed by atoms with Gasteiger partial charge in [0.1, 0.15) is 6.54 Å². The molecule has 4 rings (SSSR count). The summed E-state index contributed by atoms with van der Waals surface area (Å²) in [5.74, 6) is -0.422. The number of rotatable bonds is 4. The van der Waals surface area contributed by atoms with Crippen LogP contribution in [0.15, 0.2) is 75.5 Å². The molecule has 1 aliphatic rings. The summed E-state index contributed by atoms with van der Waals surface area (Å²) in [4.78, 5) is 32.8. The van der Waals surface area contributed by atoms with Gasteiger partial charge in [0.05, 0.1) is 29.2 Å². The fourth-order valence-corrected chi connectivity index (χ4v) is 4.10. The second-order valence-corrected chi connectivity index (χ2v) is 8.01. The molecule has 0 saturated heterocycles. The van der Waals surface area contributed by atoms with Crippen molar-refractivity contribution >= 4 is 61.9 Å². The largest absolute Gasteiger partial charge is 0.324 e. The average Bonchev–Trinajstić information content (AvgIpc) is 3.18. The third-order valence-corrected chi connectivity index (χ3v) is 5.91. The number of nitrogens with zero attached hydrogens (tertiary/aromatic N) is 2. The van der Waals surface area contributed by atoms with Gasteiger partial charge in [-0.3, -0.25) is 9.59 Å². The monoisotopic (exact) mass is 453 g/mol. The Morgan fingerprint density at radius 2 is 1.89 bits per heavy atom. The Labute approximate surface area is 174 Å². The molecule has 1 N–H and O–H groups in total. The summed E-state index contributed by atoms with van der Waals surface area (Å²) in [6.07, 6.45) is 0.150. The SMILES string of the molecule is O=C(CN1C(=O)CC(c2cccs2)=Nc2ccccc21)Nc1ccccc1Br. The van der Waals surface area contributed by atoms with Gasteiger partial charge < -0.3 is 10.2 Å². The van der Waals surface area contributed by atoms with Crippen LogP contribution < -0.4 is 10.2 Å². The molecule has 0 bridgehead atoms. The van der Waals surface area contributed by atoms with Gasteiger partial charge in [-0.2, -0.15) is 0 Å². The van der Waals surface area contributed by atoms with E-state index < -0.39 is 0 Å². The first-order valence-corrected chi connectivity index (χ1v) is 10.3. The van der Waals surface area contributed by atoms with Gasteiger partial charge in [-0.15, -0.1) is 11.3 Å². The van der Waals surface area contributed by atoms with Crippen molar-refractivity contribution in [3.63, 3.8) is 0 Å². The second kappa shape index (κ2) is 8.08. The second-order valence-electron chi connectivity index (χ2n) is 6.21. The Hall–Kier alpha value is -2.77. The number of carbonyl (C=O) groups is 2. The lowest BCUT2D eigenvalue weighted by Gasteiger charge is -2.22. The van der Waals surface area contributed by atoms with Crippen molar-refractivity contribution in [2.45, 2.75) is 6.42 Å². The van der Waals surface area contributed by atoms with Crippen LogP contribution in [0, 0.1) is 0 Å². The molecule has 0 fully saturated rings. The van der Waals surface area contributed by atoms with E-state index in [1.54, 1.807) is 17.4 Å². The zero-order valence-corrected chi connectivity index (χ0v) is 17.2. The minimum atomic E-state index is -0.269. The van der Waals surface area contributed by atoms with Crippen LogP contribution in [0.25, 0.3) is 0 Å². The highest BCUT2D eigenvalue weighted by Crippen LogP contribution is 2.33. The van der Waals surface area contributed by atoms with Crippen molar-refractivity contribution in [1.29, 1.82) is 0 Å². The molecule has 0 radical (unpaired) electrons. The average molecular weight is 454 g/mol. The van der Waals surface area contributed by atoms with Crippen molar-refractivity contribution in [3.8, 4) is 0 Å². The van der Waals surface area contributed by atoms with Gasteiger partial charge in [0.15, 0.2) is 0 Å². The van der Waals surface area contributed by atoms with Crippen molar-refractivity contribution in [2.75, 3.05) is 16.8 Å². The minimum Gasteiger partial charge on any atom is -0.324 e. The van der Waals surface area contributed by atoms with Gasteiger partial charge in [-0.1, -0.05) is 30.3 Å². The van der Waals surface area contributed by atoms with Gasteiger partial charge in [-0.05, 0) is 51.6 Å². The van der Waals surface area contributed by atoms with Crippen LogP contribution in [0.5, 0.6) is 0 Å². The number of benzene rings is 2. The van der Waals surface area contributed by atoms with Gasteiger partial charge in [0, 0.05) is 9.35 Å². The number of thiophene rings is 1.